The first-order valence-corrected chi connectivity index (χ1v) is 6.16. The van der Waals surface area contributed by atoms with Crippen LogP contribution in [0.25, 0.3) is 10.9 Å². The van der Waals surface area contributed by atoms with Crippen molar-refractivity contribution in [3.63, 3.8) is 0 Å². The maximum Gasteiger partial charge on any atom is 0.316 e. The first kappa shape index (κ1) is 13.0. The van der Waals surface area contributed by atoms with Crippen molar-refractivity contribution in [1.82, 2.24) is 4.98 Å². The summed E-state index contributed by atoms with van der Waals surface area (Å²) >= 11 is 6.05. The number of carbonyl (C=O) groups excluding carboxylic acids is 1. The van der Waals surface area contributed by atoms with E-state index < -0.39 is 5.41 Å². The summed E-state index contributed by atoms with van der Waals surface area (Å²) in [5, 5.41) is 1.56. The van der Waals surface area contributed by atoms with Crippen molar-refractivity contribution in [2.45, 2.75) is 27.7 Å². The zero-order valence-electron chi connectivity index (χ0n) is 10.9. The Balaban J connectivity index is 2.41. The first-order valence-electron chi connectivity index (χ1n) is 5.78. The van der Waals surface area contributed by atoms with Crippen LogP contribution >= 0.6 is 11.6 Å². The number of nitrogens with one attached hydrogen (secondary N) is 1. The Kier molecular flexibility index (Phi) is 3.11. The number of esters is 1. The van der Waals surface area contributed by atoms with Crippen molar-refractivity contribution >= 4 is 28.5 Å². The summed E-state index contributed by atoms with van der Waals surface area (Å²) in [6, 6.07) is 3.75. The number of rotatable bonds is 1. The van der Waals surface area contributed by atoms with Gasteiger partial charge in [-0.2, -0.15) is 0 Å². The highest BCUT2D eigenvalue weighted by atomic mass is 35.5. The van der Waals surface area contributed by atoms with Gasteiger partial charge in [-0.15, -0.1) is 0 Å². The summed E-state index contributed by atoms with van der Waals surface area (Å²) in [5.74, 6) is 0.292. The third-order valence-electron chi connectivity index (χ3n) is 2.74. The van der Waals surface area contributed by atoms with E-state index in [0.29, 0.717) is 10.8 Å². The number of aromatic amines is 1. The van der Waals surface area contributed by atoms with Crippen LogP contribution in [0.15, 0.2) is 18.3 Å². The molecule has 0 fully saturated rings. The molecule has 0 saturated heterocycles. The molecule has 1 heterocycles. The summed E-state index contributed by atoms with van der Waals surface area (Å²) in [6.45, 7) is 7.40. The fourth-order valence-corrected chi connectivity index (χ4v) is 1.73. The molecule has 1 N–H and O–H groups in total. The number of H-pyrrole nitrogens is 1. The molecule has 0 atom stereocenters. The van der Waals surface area contributed by atoms with E-state index in [1.54, 1.807) is 6.20 Å². The first-order chi connectivity index (χ1) is 8.29. The predicted molar refractivity (Wildman–Crippen MR) is 73.1 cm³/mol. The number of aromatic nitrogens is 1. The molecule has 0 aliphatic rings. The normalized spacial score (nSPS) is 11.8. The SMILES string of the molecule is Cc1cc2c(OC(=O)C(C)(C)C)c[nH]c2cc1Cl. The lowest BCUT2D eigenvalue weighted by atomic mass is 9.97. The lowest BCUT2D eigenvalue weighted by Crippen LogP contribution is -2.25. The van der Waals surface area contributed by atoms with Crippen LogP contribution in [-0.2, 0) is 4.79 Å². The van der Waals surface area contributed by atoms with E-state index in [2.05, 4.69) is 4.98 Å². The number of halogens is 1. The van der Waals surface area contributed by atoms with Crippen molar-refractivity contribution in [3.05, 3.63) is 28.9 Å². The van der Waals surface area contributed by atoms with Gasteiger partial charge in [-0.3, -0.25) is 4.79 Å². The highest BCUT2D eigenvalue weighted by Crippen LogP contribution is 2.31. The van der Waals surface area contributed by atoms with Gasteiger partial charge in [0.1, 0.15) is 0 Å². The lowest BCUT2D eigenvalue weighted by molar-refractivity contribution is -0.142. The molecule has 0 aliphatic carbocycles. The molecule has 0 unspecified atom stereocenters. The lowest BCUT2D eigenvalue weighted by Gasteiger charge is -2.15. The average molecular weight is 266 g/mol. The maximum absolute atomic E-state index is 11.9. The summed E-state index contributed by atoms with van der Waals surface area (Å²) in [6.07, 6.45) is 1.68. The van der Waals surface area contributed by atoms with Crippen LogP contribution in [0.5, 0.6) is 5.75 Å². The number of hydrogen-bond acceptors (Lipinski definition) is 2. The molecule has 0 spiro atoms. The van der Waals surface area contributed by atoms with Crippen molar-refractivity contribution in [2.24, 2.45) is 5.41 Å². The quantitative estimate of drug-likeness (QED) is 0.790. The van der Waals surface area contributed by atoms with E-state index in [1.807, 2.05) is 39.8 Å². The molecule has 0 aliphatic heterocycles. The van der Waals surface area contributed by atoms with Crippen LogP contribution in [0.3, 0.4) is 0 Å². The van der Waals surface area contributed by atoms with Crippen LogP contribution in [0, 0.1) is 12.3 Å². The number of carbonyl (C=O) groups is 1. The van der Waals surface area contributed by atoms with Crippen molar-refractivity contribution in [2.75, 3.05) is 0 Å². The summed E-state index contributed by atoms with van der Waals surface area (Å²) in [5.41, 5.74) is 1.30. The Bertz CT molecular complexity index is 608. The predicted octanol–water partition coefficient (Wildman–Crippen LogP) is 4.08. The molecule has 4 heteroatoms. The molecule has 3 nitrogen and oxygen atoms in total. The van der Waals surface area contributed by atoms with Gasteiger partial charge in [-0.1, -0.05) is 11.6 Å². The third-order valence-corrected chi connectivity index (χ3v) is 3.15. The van der Waals surface area contributed by atoms with Gasteiger partial charge in [0.2, 0.25) is 0 Å². The highest BCUT2D eigenvalue weighted by molar-refractivity contribution is 6.32. The molecule has 18 heavy (non-hydrogen) atoms. The maximum atomic E-state index is 11.9. The second-order valence-electron chi connectivity index (χ2n) is 5.44. The fourth-order valence-electron chi connectivity index (χ4n) is 1.56. The molecule has 2 rings (SSSR count). The minimum atomic E-state index is -0.523. The molecule has 0 saturated carbocycles. The number of benzene rings is 1. The molecular weight excluding hydrogens is 250 g/mol. The van der Waals surface area contributed by atoms with Gasteiger partial charge >= 0.3 is 5.97 Å². The van der Waals surface area contributed by atoms with E-state index in [0.717, 1.165) is 16.5 Å². The van der Waals surface area contributed by atoms with Crippen molar-refractivity contribution in [3.8, 4) is 5.75 Å². The van der Waals surface area contributed by atoms with Gasteiger partial charge in [0.05, 0.1) is 10.9 Å². The van der Waals surface area contributed by atoms with Gasteiger partial charge in [0, 0.05) is 16.6 Å². The molecule has 1 aromatic heterocycles. The zero-order chi connectivity index (χ0) is 13.5. The summed E-state index contributed by atoms with van der Waals surface area (Å²) in [4.78, 5) is 14.9. The second-order valence-corrected chi connectivity index (χ2v) is 5.85. The van der Waals surface area contributed by atoms with E-state index >= 15 is 0 Å². The van der Waals surface area contributed by atoms with Crippen LogP contribution in [0.4, 0.5) is 0 Å². The van der Waals surface area contributed by atoms with Crippen molar-refractivity contribution < 1.29 is 9.53 Å². The molecule has 96 valence electrons. The molecule has 0 bridgehead atoms. The molecular formula is C14H16ClNO2. The zero-order valence-corrected chi connectivity index (χ0v) is 11.7. The minimum Gasteiger partial charge on any atom is -0.424 e. The Labute approximate surface area is 111 Å². The Morgan fingerprint density at radius 2 is 2.00 bits per heavy atom. The van der Waals surface area contributed by atoms with E-state index in [4.69, 9.17) is 16.3 Å². The number of aryl methyl sites for hydroxylation is 1. The van der Waals surface area contributed by atoms with Crippen molar-refractivity contribution in [1.29, 1.82) is 0 Å². The summed E-state index contributed by atoms with van der Waals surface area (Å²) < 4.78 is 5.41. The topological polar surface area (TPSA) is 42.1 Å². The van der Waals surface area contributed by atoms with Gasteiger partial charge in [-0.05, 0) is 45.4 Å². The highest BCUT2D eigenvalue weighted by Gasteiger charge is 2.24. The standard InChI is InChI=1S/C14H16ClNO2/c1-8-5-9-11(6-10(8)15)16-7-12(9)18-13(17)14(2,3)4/h5-7,16H,1-4H3. The average Bonchev–Trinajstić information content (AvgIpc) is 2.61. The number of ether oxygens (including phenoxy) is 1. The van der Waals surface area contributed by atoms with Crippen LogP contribution < -0.4 is 4.74 Å². The van der Waals surface area contributed by atoms with Crippen LogP contribution in [0.1, 0.15) is 26.3 Å². The van der Waals surface area contributed by atoms with Gasteiger partial charge in [0.25, 0.3) is 0 Å². The van der Waals surface area contributed by atoms with Gasteiger partial charge < -0.3 is 9.72 Å². The van der Waals surface area contributed by atoms with Crippen LogP contribution in [0.2, 0.25) is 5.02 Å². The van der Waals surface area contributed by atoms with Gasteiger partial charge in [-0.25, -0.2) is 0 Å². The largest absolute Gasteiger partial charge is 0.424 e. The Hall–Kier alpha value is -1.48. The van der Waals surface area contributed by atoms with E-state index in [-0.39, 0.29) is 5.97 Å². The third kappa shape index (κ3) is 2.36. The monoisotopic (exact) mass is 265 g/mol. The Morgan fingerprint density at radius 1 is 1.33 bits per heavy atom. The van der Waals surface area contributed by atoms with E-state index in [1.165, 1.54) is 0 Å². The summed E-state index contributed by atoms with van der Waals surface area (Å²) in [7, 11) is 0. The molecule has 2 aromatic rings. The smallest absolute Gasteiger partial charge is 0.316 e. The number of fused-ring (bicyclic) bond motifs is 1. The van der Waals surface area contributed by atoms with E-state index in [9.17, 15) is 4.79 Å². The second kappa shape index (κ2) is 4.32. The molecule has 0 amide bonds. The molecule has 0 radical (unpaired) electrons. The van der Waals surface area contributed by atoms with Gasteiger partial charge in [0.15, 0.2) is 5.75 Å². The minimum absolute atomic E-state index is 0.254. The Morgan fingerprint density at radius 3 is 2.61 bits per heavy atom. The number of hydrogen-bond donors (Lipinski definition) is 1. The molecule has 1 aromatic carbocycles. The fraction of sp³-hybridized carbons (Fsp3) is 0.357. The van der Waals surface area contributed by atoms with Crippen LogP contribution in [-0.4, -0.2) is 11.0 Å².